The number of carboxylic acids is 1. The predicted octanol–water partition coefficient (Wildman–Crippen LogP) is 2.72. The largest absolute Gasteiger partial charge is 0.477 e. The Morgan fingerprint density at radius 1 is 1.67 bits per heavy atom. The molecular formula is C12H16F2N2O2. The molecule has 4 nitrogen and oxygen atoms in total. The number of imidazole rings is 1. The van der Waals surface area contributed by atoms with Gasteiger partial charge in [-0.15, -0.1) is 0 Å². The molecule has 0 spiro atoms. The molecule has 1 saturated carbocycles. The Bertz CT molecular complexity index is 457. The minimum absolute atomic E-state index is 0.0573. The number of rotatable bonds is 3. The van der Waals surface area contributed by atoms with Crippen molar-refractivity contribution < 1.29 is 18.7 Å². The minimum Gasteiger partial charge on any atom is -0.477 e. The SMILES string of the molecule is Cc1ncc(C(=O)O)n1CC1CCCC(F)(F)C1. The first kappa shape index (κ1) is 13.0. The number of hydrogen-bond acceptors (Lipinski definition) is 2. The van der Waals surface area contributed by atoms with E-state index in [9.17, 15) is 13.6 Å². The van der Waals surface area contributed by atoms with Crippen molar-refractivity contribution in [3.8, 4) is 0 Å². The standard InChI is InChI=1S/C12H16F2N2O2/c1-8-15-6-10(11(17)18)16(8)7-9-3-2-4-12(13,14)5-9/h6,9H,2-5,7H2,1H3,(H,17,18). The number of nitrogens with zero attached hydrogens (tertiary/aromatic N) is 2. The Kier molecular flexibility index (Phi) is 3.36. The van der Waals surface area contributed by atoms with Gasteiger partial charge < -0.3 is 9.67 Å². The maximum absolute atomic E-state index is 13.3. The molecule has 100 valence electrons. The van der Waals surface area contributed by atoms with E-state index in [0.29, 0.717) is 25.2 Å². The van der Waals surface area contributed by atoms with E-state index in [-0.39, 0.29) is 24.5 Å². The third-order valence-corrected chi connectivity index (χ3v) is 3.46. The zero-order valence-electron chi connectivity index (χ0n) is 10.2. The summed E-state index contributed by atoms with van der Waals surface area (Å²) in [5, 5.41) is 9.00. The monoisotopic (exact) mass is 258 g/mol. The maximum atomic E-state index is 13.3. The van der Waals surface area contributed by atoms with Crippen LogP contribution in [0.4, 0.5) is 8.78 Å². The molecule has 6 heteroatoms. The van der Waals surface area contributed by atoms with Gasteiger partial charge >= 0.3 is 5.97 Å². The molecule has 1 aliphatic carbocycles. The summed E-state index contributed by atoms with van der Waals surface area (Å²) in [5.41, 5.74) is 0.0707. The second kappa shape index (κ2) is 4.66. The molecule has 1 unspecified atom stereocenters. The van der Waals surface area contributed by atoms with Gasteiger partial charge in [0.25, 0.3) is 0 Å². The number of halogens is 2. The summed E-state index contributed by atoms with van der Waals surface area (Å²) in [6.07, 6.45) is 2.26. The Hall–Kier alpha value is -1.46. The van der Waals surface area contributed by atoms with Crippen LogP contribution in [0.15, 0.2) is 6.20 Å². The summed E-state index contributed by atoms with van der Waals surface area (Å²) in [5.74, 6) is -3.31. The molecule has 0 amide bonds. The van der Waals surface area contributed by atoms with Crippen LogP contribution in [0, 0.1) is 12.8 Å². The molecule has 0 aromatic carbocycles. The van der Waals surface area contributed by atoms with Crippen molar-refractivity contribution in [1.29, 1.82) is 0 Å². The molecule has 1 atom stereocenters. The van der Waals surface area contributed by atoms with Crippen LogP contribution in [-0.2, 0) is 6.54 Å². The van der Waals surface area contributed by atoms with Crippen LogP contribution in [0.3, 0.4) is 0 Å². The summed E-state index contributed by atoms with van der Waals surface area (Å²) in [6.45, 7) is 2.00. The van der Waals surface area contributed by atoms with Gasteiger partial charge in [0.2, 0.25) is 5.92 Å². The molecule has 0 bridgehead atoms. The molecule has 0 aliphatic heterocycles. The molecular weight excluding hydrogens is 242 g/mol. The van der Waals surface area contributed by atoms with Gasteiger partial charge in [0.1, 0.15) is 11.5 Å². The number of carboxylic acid groups (broad SMARTS) is 1. The van der Waals surface area contributed by atoms with Crippen molar-refractivity contribution in [3.63, 3.8) is 0 Å². The Labute approximate surface area is 104 Å². The van der Waals surface area contributed by atoms with Crippen LogP contribution in [-0.4, -0.2) is 26.5 Å². The van der Waals surface area contributed by atoms with Gasteiger partial charge in [-0.05, 0) is 25.7 Å². The molecule has 18 heavy (non-hydrogen) atoms. The quantitative estimate of drug-likeness (QED) is 0.906. The third-order valence-electron chi connectivity index (χ3n) is 3.46. The summed E-state index contributed by atoms with van der Waals surface area (Å²) < 4.78 is 28.1. The molecule has 1 aliphatic rings. The number of aromatic carboxylic acids is 1. The van der Waals surface area contributed by atoms with Crippen LogP contribution in [0.25, 0.3) is 0 Å². The van der Waals surface area contributed by atoms with E-state index < -0.39 is 11.9 Å². The van der Waals surface area contributed by atoms with Gasteiger partial charge in [-0.25, -0.2) is 18.6 Å². The predicted molar refractivity (Wildman–Crippen MR) is 60.8 cm³/mol. The van der Waals surface area contributed by atoms with E-state index in [1.807, 2.05) is 0 Å². The topological polar surface area (TPSA) is 55.1 Å². The molecule has 0 radical (unpaired) electrons. The lowest BCUT2D eigenvalue weighted by molar-refractivity contribution is -0.0548. The molecule has 1 N–H and O–H groups in total. The Morgan fingerprint density at radius 3 is 3.00 bits per heavy atom. The fraction of sp³-hybridized carbons (Fsp3) is 0.667. The van der Waals surface area contributed by atoms with E-state index in [1.165, 1.54) is 10.8 Å². The molecule has 2 rings (SSSR count). The van der Waals surface area contributed by atoms with Crippen molar-refractivity contribution in [1.82, 2.24) is 9.55 Å². The van der Waals surface area contributed by atoms with Gasteiger partial charge in [-0.2, -0.15) is 0 Å². The molecule has 1 aromatic rings. The smallest absolute Gasteiger partial charge is 0.354 e. The fourth-order valence-corrected chi connectivity index (χ4v) is 2.56. The second-order valence-corrected chi connectivity index (χ2v) is 4.92. The van der Waals surface area contributed by atoms with Crippen molar-refractivity contribution in [2.24, 2.45) is 5.92 Å². The molecule has 1 heterocycles. The zero-order chi connectivity index (χ0) is 13.3. The van der Waals surface area contributed by atoms with Crippen LogP contribution in [0.1, 0.15) is 42.0 Å². The van der Waals surface area contributed by atoms with Crippen molar-refractivity contribution in [2.75, 3.05) is 0 Å². The molecule has 1 fully saturated rings. The Balaban J connectivity index is 2.14. The average Bonchev–Trinajstić information content (AvgIpc) is 2.59. The van der Waals surface area contributed by atoms with Gasteiger partial charge in [-0.1, -0.05) is 0 Å². The molecule has 1 aromatic heterocycles. The number of alkyl halides is 2. The highest BCUT2D eigenvalue weighted by molar-refractivity contribution is 5.85. The number of aryl methyl sites for hydroxylation is 1. The Morgan fingerprint density at radius 2 is 2.39 bits per heavy atom. The zero-order valence-corrected chi connectivity index (χ0v) is 10.2. The fourth-order valence-electron chi connectivity index (χ4n) is 2.56. The summed E-state index contributed by atoms with van der Waals surface area (Å²) in [4.78, 5) is 14.9. The first-order chi connectivity index (χ1) is 8.39. The third kappa shape index (κ3) is 2.68. The lowest BCUT2D eigenvalue weighted by Crippen LogP contribution is -2.29. The number of hydrogen-bond donors (Lipinski definition) is 1. The average molecular weight is 258 g/mol. The second-order valence-electron chi connectivity index (χ2n) is 4.92. The summed E-state index contributed by atoms with van der Waals surface area (Å²) in [7, 11) is 0. The summed E-state index contributed by atoms with van der Waals surface area (Å²) in [6, 6.07) is 0. The van der Waals surface area contributed by atoms with Gasteiger partial charge in [0.05, 0.1) is 6.20 Å². The highest BCUT2D eigenvalue weighted by Gasteiger charge is 2.36. The van der Waals surface area contributed by atoms with E-state index in [4.69, 9.17) is 5.11 Å². The highest BCUT2D eigenvalue weighted by Crippen LogP contribution is 2.37. The maximum Gasteiger partial charge on any atom is 0.354 e. The summed E-state index contributed by atoms with van der Waals surface area (Å²) >= 11 is 0. The first-order valence-corrected chi connectivity index (χ1v) is 6.02. The van der Waals surface area contributed by atoms with Gasteiger partial charge in [0, 0.05) is 19.4 Å². The van der Waals surface area contributed by atoms with Crippen LogP contribution in [0.5, 0.6) is 0 Å². The first-order valence-electron chi connectivity index (χ1n) is 6.02. The number of aromatic nitrogens is 2. The van der Waals surface area contributed by atoms with E-state index >= 15 is 0 Å². The van der Waals surface area contributed by atoms with Crippen LogP contribution < -0.4 is 0 Å². The lowest BCUT2D eigenvalue weighted by Gasteiger charge is -2.29. The van der Waals surface area contributed by atoms with E-state index in [0.717, 1.165) is 0 Å². The minimum atomic E-state index is -2.61. The van der Waals surface area contributed by atoms with Crippen LogP contribution in [0.2, 0.25) is 0 Å². The van der Waals surface area contributed by atoms with Crippen LogP contribution >= 0.6 is 0 Å². The normalized spacial score (nSPS) is 22.9. The number of carbonyl (C=O) groups is 1. The van der Waals surface area contributed by atoms with Crippen molar-refractivity contribution in [3.05, 3.63) is 17.7 Å². The molecule has 0 saturated heterocycles. The van der Waals surface area contributed by atoms with E-state index in [1.54, 1.807) is 6.92 Å². The van der Waals surface area contributed by atoms with E-state index in [2.05, 4.69) is 4.98 Å². The van der Waals surface area contributed by atoms with Crippen molar-refractivity contribution >= 4 is 5.97 Å². The lowest BCUT2D eigenvalue weighted by atomic mass is 9.86. The van der Waals surface area contributed by atoms with Gasteiger partial charge in [-0.3, -0.25) is 0 Å². The van der Waals surface area contributed by atoms with Crippen molar-refractivity contribution in [2.45, 2.75) is 45.1 Å². The van der Waals surface area contributed by atoms with Gasteiger partial charge in [0.15, 0.2) is 0 Å². The highest BCUT2D eigenvalue weighted by atomic mass is 19.3.